The topological polar surface area (TPSA) is 29.1 Å². The van der Waals surface area contributed by atoms with Gasteiger partial charge in [-0.15, -0.1) is 0 Å². The molecule has 0 aliphatic carbocycles. The molecule has 1 N–H and O–H groups in total. The first kappa shape index (κ1) is 14.6. The molecule has 0 bridgehead atoms. The molecule has 2 aromatic rings. The monoisotopic (exact) mass is 287 g/mol. The summed E-state index contributed by atoms with van der Waals surface area (Å²) in [5.41, 5.74) is 2.67. The molecule has 0 atom stereocenters. The second-order valence-electron chi connectivity index (χ2n) is 5.79. The van der Waals surface area contributed by atoms with Crippen molar-refractivity contribution < 1.29 is 4.79 Å². The number of anilines is 1. The number of carbonyl (C=O) groups is 1. The van der Waals surface area contributed by atoms with Crippen molar-refractivity contribution in [2.24, 2.45) is 0 Å². The van der Waals surface area contributed by atoms with Crippen LogP contribution in [0.2, 0.25) is 5.02 Å². The highest BCUT2D eigenvalue weighted by Gasteiger charge is 2.13. The van der Waals surface area contributed by atoms with E-state index in [1.807, 2.05) is 24.3 Å². The fourth-order valence-electron chi connectivity index (χ4n) is 1.89. The molecular weight excluding hydrogens is 270 g/mol. The minimum Gasteiger partial charge on any atom is -0.322 e. The summed E-state index contributed by atoms with van der Waals surface area (Å²) in [6.45, 7) is 6.48. The predicted octanol–water partition coefficient (Wildman–Crippen LogP) is 4.89. The highest BCUT2D eigenvalue weighted by molar-refractivity contribution is 6.31. The van der Waals surface area contributed by atoms with Gasteiger partial charge in [0.15, 0.2) is 0 Å². The van der Waals surface area contributed by atoms with Crippen LogP contribution in [0.15, 0.2) is 48.5 Å². The fraction of sp³-hybridized carbons (Fsp3) is 0.235. The van der Waals surface area contributed by atoms with Crippen LogP contribution in [0.1, 0.15) is 36.7 Å². The summed E-state index contributed by atoms with van der Waals surface area (Å²) in [5.74, 6) is -0.156. The van der Waals surface area contributed by atoms with E-state index in [0.29, 0.717) is 10.6 Å². The molecule has 0 aliphatic heterocycles. The summed E-state index contributed by atoms with van der Waals surface area (Å²) in [5, 5.41) is 3.42. The molecule has 20 heavy (non-hydrogen) atoms. The number of amides is 1. The van der Waals surface area contributed by atoms with Crippen molar-refractivity contribution >= 4 is 23.2 Å². The van der Waals surface area contributed by atoms with Gasteiger partial charge in [0, 0.05) is 16.3 Å². The minimum atomic E-state index is -0.156. The van der Waals surface area contributed by atoms with Gasteiger partial charge in [-0.25, -0.2) is 0 Å². The summed E-state index contributed by atoms with van der Waals surface area (Å²) in [6.07, 6.45) is 0. The lowest BCUT2D eigenvalue weighted by Gasteiger charge is -2.19. The Morgan fingerprint density at radius 3 is 2.25 bits per heavy atom. The molecule has 0 spiro atoms. The molecule has 0 saturated heterocycles. The smallest absolute Gasteiger partial charge is 0.255 e. The van der Waals surface area contributed by atoms with Crippen LogP contribution in [0.4, 0.5) is 5.69 Å². The summed E-state index contributed by atoms with van der Waals surface area (Å²) < 4.78 is 0. The van der Waals surface area contributed by atoms with Crippen LogP contribution in [0, 0.1) is 0 Å². The molecule has 0 heterocycles. The highest BCUT2D eigenvalue weighted by Crippen LogP contribution is 2.23. The molecule has 3 heteroatoms. The first-order valence-electron chi connectivity index (χ1n) is 6.54. The Balaban J connectivity index is 2.12. The quantitative estimate of drug-likeness (QED) is 0.837. The van der Waals surface area contributed by atoms with E-state index >= 15 is 0 Å². The van der Waals surface area contributed by atoms with Gasteiger partial charge in [-0.05, 0) is 41.3 Å². The van der Waals surface area contributed by atoms with Gasteiger partial charge < -0.3 is 5.32 Å². The molecule has 1 amide bonds. The maximum Gasteiger partial charge on any atom is 0.255 e. The maximum absolute atomic E-state index is 12.1. The molecule has 104 valence electrons. The number of hydrogen-bond donors (Lipinski definition) is 1. The average Bonchev–Trinajstić information content (AvgIpc) is 2.38. The third kappa shape index (κ3) is 3.61. The Labute approximate surface area is 124 Å². The number of benzene rings is 2. The molecule has 0 unspecified atom stereocenters. The molecular formula is C17H18ClNO. The van der Waals surface area contributed by atoms with Gasteiger partial charge >= 0.3 is 0 Å². The SMILES string of the molecule is CC(C)(C)c1ccc(NC(=O)c2cccc(Cl)c2)cc1. The van der Waals surface area contributed by atoms with E-state index in [2.05, 4.69) is 26.1 Å². The molecule has 0 aromatic heterocycles. The van der Waals surface area contributed by atoms with Crippen LogP contribution in [-0.2, 0) is 5.41 Å². The summed E-state index contributed by atoms with van der Waals surface area (Å²) in [4.78, 5) is 12.1. The van der Waals surface area contributed by atoms with Gasteiger partial charge in [0.1, 0.15) is 0 Å². The van der Waals surface area contributed by atoms with Crippen molar-refractivity contribution in [1.82, 2.24) is 0 Å². The van der Waals surface area contributed by atoms with Crippen molar-refractivity contribution in [3.05, 3.63) is 64.7 Å². The summed E-state index contributed by atoms with van der Waals surface area (Å²) >= 11 is 5.88. The normalized spacial score (nSPS) is 11.2. The Morgan fingerprint density at radius 2 is 1.70 bits per heavy atom. The van der Waals surface area contributed by atoms with Gasteiger partial charge in [0.05, 0.1) is 0 Å². The van der Waals surface area contributed by atoms with Crippen LogP contribution in [0.25, 0.3) is 0 Å². The lowest BCUT2D eigenvalue weighted by Crippen LogP contribution is -2.13. The first-order chi connectivity index (χ1) is 9.36. The molecule has 2 rings (SSSR count). The van der Waals surface area contributed by atoms with Crippen LogP contribution >= 0.6 is 11.6 Å². The van der Waals surface area contributed by atoms with E-state index in [0.717, 1.165) is 5.69 Å². The zero-order chi connectivity index (χ0) is 14.8. The highest BCUT2D eigenvalue weighted by atomic mass is 35.5. The number of nitrogens with one attached hydrogen (secondary N) is 1. The zero-order valence-corrected chi connectivity index (χ0v) is 12.7. The molecule has 2 aromatic carbocycles. The fourth-order valence-corrected chi connectivity index (χ4v) is 2.08. The van der Waals surface area contributed by atoms with Crippen LogP contribution in [0.5, 0.6) is 0 Å². The summed E-state index contributed by atoms with van der Waals surface area (Å²) in [7, 11) is 0. The van der Waals surface area contributed by atoms with Gasteiger partial charge in [-0.3, -0.25) is 4.79 Å². The predicted molar refractivity (Wildman–Crippen MR) is 84.5 cm³/mol. The van der Waals surface area contributed by atoms with E-state index in [1.165, 1.54) is 5.56 Å². The lowest BCUT2D eigenvalue weighted by molar-refractivity contribution is 0.102. The zero-order valence-electron chi connectivity index (χ0n) is 11.9. The number of rotatable bonds is 2. The molecule has 0 saturated carbocycles. The van der Waals surface area contributed by atoms with Crippen molar-refractivity contribution in [3.8, 4) is 0 Å². The second kappa shape index (κ2) is 5.68. The van der Waals surface area contributed by atoms with Gasteiger partial charge in [-0.2, -0.15) is 0 Å². The largest absolute Gasteiger partial charge is 0.322 e. The Morgan fingerprint density at radius 1 is 1.05 bits per heavy atom. The maximum atomic E-state index is 12.1. The molecule has 0 fully saturated rings. The van der Waals surface area contributed by atoms with Gasteiger partial charge in [0.2, 0.25) is 0 Å². The van der Waals surface area contributed by atoms with Gasteiger partial charge in [-0.1, -0.05) is 50.6 Å². The number of hydrogen-bond acceptors (Lipinski definition) is 1. The van der Waals surface area contributed by atoms with Crippen LogP contribution in [0.3, 0.4) is 0 Å². The lowest BCUT2D eigenvalue weighted by atomic mass is 9.87. The Kier molecular flexibility index (Phi) is 4.15. The standard InChI is InChI=1S/C17H18ClNO/c1-17(2,3)13-7-9-15(10-8-13)19-16(20)12-5-4-6-14(18)11-12/h4-11H,1-3H3,(H,19,20). The molecule has 0 radical (unpaired) electrons. The van der Waals surface area contributed by atoms with E-state index in [4.69, 9.17) is 11.6 Å². The van der Waals surface area contributed by atoms with Crippen LogP contribution in [-0.4, -0.2) is 5.91 Å². The number of carbonyl (C=O) groups excluding carboxylic acids is 1. The first-order valence-corrected chi connectivity index (χ1v) is 6.91. The van der Waals surface area contributed by atoms with E-state index in [9.17, 15) is 4.79 Å². The minimum absolute atomic E-state index is 0.107. The average molecular weight is 288 g/mol. The molecule has 2 nitrogen and oxygen atoms in total. The van der Waals surface area contributed by atoms with E-state index in [-0.39, 0.29) is 11.3 Å². The van der Waals surface area contributed by atoms with Crippen LogP contribution < -0.4 is 5.32 Å². The molecule has 0 aliphatic rings. The van der Waals surface area contributed by atoms with E-state index < -0.39 is 0 Å². The van der Waals surface area contributed by atoms with Gasteiger partial charge in [0.25, 0.3) is 5.91 Å². The number of halogens is 1. The van der Waals surface area contributed by atoms with E-state index in [1.54, 1.807) is 24.3 Å². The Hall–Kier alpha value is -1.80. The van der Waals surface area contributed by atoms with Crippen molar-refractivity contribution in [3.63, 3.8) is 0 Å². The Bertz CT molecular complexity index is 612. The second-order valence-corrected chi connectivity index (χ2v) is 6.23. The third-order valence-corrected chi connectivity index (χ3v) is 3.33. The third-order valence-electron chi connectivity index (χ3n) is 3.10. The van der Waals surface area contributed by atoms with Crippen molar-refractivity contribution in [2.75, 3.05) is 5.32 Å². The van der Waals surface area contributed by atoms with Crippen molar-refractivity contribution in [2.45, 2.75) is 26.2 Å². The van der Waals surface area contributed by atoms with Crippen molar-refractivity contribution in [1.29, 1.82) is 0 Å². The summed E-state index contributed by atoms with van der Waals surface area (Å²) in [6, 6.07) is 14.8.